The Balaban J connectivity index is 1.65. The van der Waals surface area contributed by atoms with Crippen molar-refractivity contribution >= 4 is 22.4 Å². The Kier molecular flexibility index (Phi) is 3.57. The van der Waals surface area contributed by atoms with Gasteiger partial charge in [0, 0.05) is 24.4 Å². The molecule has 0 atom stereocenters. The molecule has 2 aromatic rings. The number of benzene rings is 1. The third-order valence-corrected chi connectivity index (χ3v) is 4.07. The summed E-state index contributed by atoms with van der Waals surface area (Å²) in [5, 5.41) is 6.91. The number of amides is 1. The summed E-state index contributed by atoms with van der Waals surface area (Å²) in [6.45, 7) is 1.83. The molecule has 1 aliphatic rings. The molecule has 5 heteroatoms. The van der Waals surface area contributed by atoms with Crippen molar-refractivity contribution < 1.29 is 4.79 Å². The highest BCUT2D eigenvalue weighted by molar-refractivity contribution is 7.15. The van der Waals surface area contributed by atoms with E-state index in [-0.39, 0.29) is 5.91 Å². The molecule has 1 aromatic carbocycles. The fourth-order valence-corrected chi connectivity index (χ4v) is 3.12. The number of carbonyl (C=O) groups excluding carboxylic acids is 1. The summed E-state index contributed by atoms with van der Waals surface area (Å²) in [6, 6.07) is 9.74. The molecule has 0 saturated heterocycles. The Labute approximate surface area is 115 Å². The molecule has 1 aromatic heterocycles. The number of thiazole rings is 1. The van der Waals surface area contributed by atoms with Crippen LogP contribution < -0.4 is 10.6 Å². The van der Waals surface area contributed by atoms with Crippen molar-refractivity contribution in [2.45, 2.75) is 19.4 Å². The van der Waals surface area contributed by atoms with Gasteiger partial charge < -0.3 is 10.6 Å². The monoisotopic (exact) mass is 273 g/mol. The van der Waals surface area contributed by atoms with Gasteiger partial charge in [0.2, 0.25) is 5.91 Å². The third-order valence-electron chi connectivity index (χ3n) is 3.06. The third kappa shape index (κ3) is 3.00. The second-order valence-electron chi connectivity index (χ2n) is 4.53. The zero-order valence-electron chi connectivity index (χ0n) is 10.5. The van der Waals surface area contributed by atoms with Crippen molar-refractivity contribution in [3.63, 3.8) is 0 Å². The van der Waals surface area contributed by atoms with Gasteiger partial charge in [-0.15, -0.1) is 11.3 Å². The van der Waals surface area contributed by atoms with Crippen LogP contribution in [-0.4, -0.2) is 17.4 Å². The van der Waals surface area contributed by atoms with Gasteiger partial charge in [-0.25, -0.2) is 4.98 Å². The standard InChI is InChI=1S/C14H15N3OS/c18-13(8-10-4-2-1-3-5-10)17-14-16-11-6-7-15-9-12(11)19-14/h1-5,15H,6-9H2,(H,16,17,18). The predicted octanol–water partition coefficient (Wildman–Crippen LogP) is 1.97. The van der Waals surface area contributed by atoms with Gasteiger partial charge in [-0.3, -0.25) is 4.79 Å². The topological polar surface area (TPSA) is 54.0 Å². The first kappa shape index (κ1) is 12.3. The lowest BCUT2D eigenvalue weighted by molar-refractivity contribution is -0.115. The molecule has 0 saturated carbocycles. The van der Waals surface area contributed by atoms with Gasteiger partial charge in [-0.1, -0.05) is 30.3 Å². The van der Waals surface area contributed by atoms with E-state index in [1.165, 1.54) is 4.88 Å². The summed E-state index contributed by atoms with van der Waals surface area (Å²) in [5.41, 5.74) is 2.14. The number of hydrogen-bond acceptors (Lipinski definition) is 4. The van der Waals surface area contributed by atoms with Crippen LogP contribution in [0.2, 0.25) is 0 Å². The highest BCUT2D eigenvalue weighted by Crippen LogP contribution is 2.25. The average molecular weight is 273 g/mol. The summed E-state index contributed by atoms with van der Waals surface area (Å²) < 4.78 is 0. The van der Waals surface area contributed by atoms with Crippen LogP contribution in [0.4, 0.5) is 5.13 Å². The molecule has 1 aliphatic heterocycles. The maximum Gasteiger partial charge on any atom is 0.230 e. The fourth-order valence-electron chi connectivity index (χ4n) is 2.12. The summed E-state index contributed by atoms with van der Waals surface area (Å²) in [7, 11) is 0. The van der Waals surface area contributed by atoms with Crippen LogP contribution in [0.25, 0.3) is 0 Å². The molecule has 98 valence electrons. The SMILES string of the molecule is O=C(Cc1ccccc1)Nc1nc2c(s1)CNCC2. The lowest BCUT2D eigenvalue weighted by atomic mass is 10.1. The molecule has 19 heavy (non-hydrogen) atoms. The molecule has 3 rings (SSSR count). The van der Waals surface area contributed by atoms with Crippen molar-refractivity contribution in [1.29, 1.82) is 0 Å². The van der Waals surface area contributed by atoms with Gasteiger partial charge in [0.25, 0.3) is 0 Å². The number of anilines is 1. The molecule has 4 nitrogen and oxygen atoms in total. The van der Waals surface area contributed by atoms with Crippen molar-refractivity contribution in [2.75, 3.05) is 11.9 Å². The van der Waals surface area contributed by atoms with E-state index in [9.17, 15) is 4.79 Å². The van der Waals surface area contributed by atoms with Crippen LogP contribution >= 0.6 is 11.3 Å². The lowest BCUT2D eigenvalue weighted by Crippen LogP contribution is -2.22. The first-order chi connectivity index (χ1) is 9.31. The highest BCUT2D eigenvalue weighted by atomic mass is 32.1. The number of carbonyl (C=O) groups is 1. The Morgan fingerprint density at radius 3 is 3.00 bits per heavy atom. The molecule has 0 bridgehead atoms. The quantitative estimate of drug-likeness (QED) is 0.899. The maximum atomic E-state index is 11.9. The molecule has 2 N–H and O–H groups in total. The molecular weight excluding hydrogens is 258 g/mol. The number of aromatic nitrogens is 1. The van der Waals surface area contributed by atoms with E-state index in [0.717, 1.165) is 35.9 Å². The van der Waals surface area contributed by atoms with Crippen molar-refractivity contribution in [3.8, 4) is 0 Å². The molecule has 0 fully saturated rings. The number of nitrogens with one attached hydrogen (secondary N) is 2. The van der Waals surface area contributed by atoms with Crippen LogP contribution in [0.15, 0.2) is 30.3 Å². The van der Waals surface area contributed by atoms with E-state index < -0.39 is 0 Å². The molecule has 1 amide bonds. The minimum Gasteiger partial charge on any atom is -0.311 e. The summed E-state index contributed by atoms with van der Waals surface area (Å²) in [4.78, 5) is 17.7. The maximum absolute atomic E-state index is 11.9. The van der Waals surface area contributed by atoms with Crippen molar-refractivity contribution in [3.05, 3.63) is 46.5 Å². The van der Waals surface area contributed by atoms with Crippen LogP contribution in [0.5, 0.6) is 0 Å². The summed E-state index contributed by atoms with van der Waals surface area (Å²) >= 11 is 1.57. The second kappa shape index (κ2) is 5.50. The molecule has 2 heterocycles. The molecule has 0 spiro atoms. The van der Waals surface area contributed by atoms with Crippen LogP contribution in [0.3, 0.4) is 0 Å². The van der Waals surface area contributed by atoms with Gasteiger partial charge in [0.05, 0.1) is 12.1 Å². The number of rotatable bonds is 3. The number of nitrogens with zero attached hydrogens (tertiary/aromatic N) is 1. The number of fused-ring (bicyclic) bond motifs is 1. The Morgan fingerprint density at radius 2 is 2.21 bits per heavy atom. The normalized spacial score (nSPS) is 13.9. The van der Waals surface area contributed by atoms with Gasteiger partial charge >= 0.3 is 0 Å². The molecular formula is C14H15N3OS. The minimum atomic E-state index is -0.00902. The predicted molar refractivity (Wildman–Crippen MR) is 76.3 cm³/mol. The van der Waals surface area contributed by atoms with Crippen LogP contribution in [0, 0.1) is 0 Å². The minimum absolute atomic E-state index is 0.00902. The first-order valence-corrected chi connectivity index (χ1v) is 7.16. The van der Waals surface area contributed by atoms with Crippen LogP contribution in [-0.2, 0) is 24.2 Å². The smallest absolute Gasteiger partial charge is 0.230 e. The van der Waals surface area contributed by atoms with Crippen molar-refractivity contribution in [2.24, 2.45) is 0 Å². The van der Waals surface area contributed by atoms with Gasteiger partial charge in [-0.05, 0) is 5.56 Å². The van der Waals surface area contributed by atoms with E-state index in [1.807, 2.05) is 30.3 Å². The van der Waals surface area contributed by atoms with Crippen molar-refractivity contribution in [1.82, 2.24) is 10.3 Å². The van der Waals surface area contributed by atoms with Gasteiger partial charge in [0.1, 0.15) is 0 Å². The molecule has 0 aliphatic carbocycles. The van der Waals surface area contributed by atoms with Gasteiger partial charge in [-0.2, -0.15) is 0 Å². The molecule has 0 radical (unpaired) electrons. The second-order valence-corrected chi connectivity index (χ2v) is 5.61. The van der Waals surface area contributed by atoms with E-state index in [0.29, 0.717) is 6.42 Å². The fraction of sp³-hybridized carbons (Fsp3) is 0.286. The summed E-state index contributed by atoms with van der Waals surface area (Å²) in [5.74, 6) is -0.00902. The summed E-state index contributed by atoms with van der Waals surface area (Å²) in [6.07, 6.45) is 1.34. The molecule has 0 unspecified atom stereocenters. The largest absolute Gasteiger partial charge is 0.311 e. The Bertz CT molecular complexity index is 556. The number of hydrogen-bond donors (Lipinski definition) is 2. The van der Waals surface area contributed by atoms with E-state index >= 15 is 0 Å². The van der Waals surface area contributed by atoms with E-state index in [1.54, 1.807) is 11.3 Å². The van der Waals surface area contributed by atoms with Gasteiger partial charge in [0.15, 0.2) is 5.13 Å². The zero-order valence-corrected chi connectivity index (χ0v) is 11.3. The zero-order chi connectivity index (χ0) is 13.1. The lowest BCUT2D eigenvalue weighted by Gasteiger charge is -2.09. The Hall–Kier alpha value is -1.72. The van der Waals surface area contributed by atoms with E-state index in [2.05, 4.69) is 15.6 Å². The Morgan fingerprint density at radius 1 is 1.37 bits per heavy atom. The first-order valence-electron chi connectivity index (χ1n) is 6.34. The average Bonchev–Trinajstić information content (AvgIpc) is 2.81. The highest BCUT2D eigenvalue weighted by Gasteiger charge is 2.15. The van der Waals surface area contributed by atoms with Crippen LogP contribution in [0.1, 0.15) is 16.1 Å². The van der Waals surface area contributed by atoms with E-state index in [4.69, 9.17) is 0 Å².